The molecule has 0 radical (unpaired) electrons. The Bertz CT molecular complexity index is 1010. The summed E-state index contributed by atoms with van der Waals surface area (Å²) in [6.07, 6.45) is 1.27. The Morgan fingerprint density at radius 2 is 1.97 bits per heavy atom. The molecule has 152 valence electrons. The molecular formula is C19H21N5O4S. The Morgan fingerprint density at radius 3 is 2.52 bits per heavy atom. The zero-order chi connectivity index (χ0) is 21.2. The zero-order valence-corrected chi connectivity index (χ0v) is 16.5. The number of nitriles is 1. The normalized spacial score (nSPS) is 17.8. The van der Waals surface area contributed by atoms with Crippen molar-refractivity contribution in [3.05, 3.63) is 46.7 Å². The largest absolute Gasteiger partial charge is 0.394 e. The summed E-state index contributed by atoms with van der Waals surface area (Å²) in [7, 11) is -2.63. The van der Waals surface area contributed by atoms with Crippen LogP contribution in [0.25, 0.3) is 0 Å². The van der Waals surface area contributed by atoms with Crippen molar-refractivity contribution in [3.8, 4) is 6.07 Å². The Hall–Kier alpha value is -3.19. The molecule has 9 nitrogen and oxygen atoms in total. The van der Waals surface area contributed by atoms with Crippen molar-refractivity contribution in [1.82, 2.24) is 10.2 Å². The number of nitrogens with two attached hydrogens (primary N) is 1. The number of carbonyl (C=O) groups is 2. The Morgan fingerprint density at radius 1 is 1.31 bits per heavy atom. The average Bonchev–Trinajstić information content (AvgIpc) is 3.50. The first-order chi connectivity index (χ1) is 13.8. The van der Waals surface area contributed by atoms with Crippen molar-refractivity contribution in [2.75, 3.05) is 13.1 Å². The number of hydrogen-bond donors (Lipinski definition) is 4. The number of nitrogens with one attached hydrogen (secondary N) is 2. The van der Waals surface area contributed by atoms with Crippen LogP contribution in [-0.4, -0.2) is 48.7 Å². The molecule has 3 rings (SSSR count). The van der Waals surface area contributed by atoms with Gasteiger partial charge in [0, 0.05) is 25.2 Å². The molecule has 2 aliphatic rings. The lowest BCUT2D eigenvalue weighted by Crippen LogP contribution is -2.46. The molecule has 0 bridgehead atoms. The molecule has 0 atom stereocenters. The van der Waals surface area contributed by atoms with Gasteiger partial charge < -0.3 is 16.0 Å². The topological polar surface area (TPSA) is 157 Å². The molecule has 10 heteroatoms. The van der Waals surface area contributed by atoms with E-state index in [1.54, 1.807) is 24.3 Å². The molecule has 1 aliphatic heterocycles. The fourth-order valence-corrected chi connectivity index (χ4v) is 3.96. The molecule has 0 aromatic heterocycles. The summed E-state index contributed by atoms with van der Waals surface area (Å²) in [6, 6.07) is 8.67. The molecule has 0 saturated heterocycles. The van der Waals surface area contributed by atoms with E-state index in [0.29, 0.717) is 18.4 Å². The summed E-state index contributed by atoms with van der Waals surface area (Å²) in [4.78, 5) is 26.2. The van der Waals surface area contributed by atoms with Crippen molar-refractivity contribution in [3.63, 3.8) is 0 Å². The highest BCUT2D eigenvalue weighted by atomic mass is 32.2. The fraction of sp³-hybridized carbons (Fsp3) is 0.368. The van der Waals surface area contributed by atoms with Gasteiger partial charge in [0.05, 0.1) is 16.4 Å². The first-order valence-electron chi connectivity index (χ1n) is 9.06. The SMILES string of the molecule is N#Cc1ccc(CNC(=O)C(=N)C2=C(N)C(=O)N(CC3([SH](=O)=O)CC3)CC2)cc1. The molecule has 1 fully saturated rings. The van der Waals surface area contributed by atoms with Crippen LogP contribution >= 0.6 is 0 Å². The minimum Gasteiger partial charge on any atom is -0.394 e. The Balaban J connectivity index is 1.63. The molecule has 1 aromatic carbocycles. The summed E-state index contributed by atoms with van der Waals surface area (Å²) in [5, 5.41) is 19.5. The first kappa shape index (κ1) is 20.5. The van der Waals surface area contributed by atoms with E-state index in [2.05, 4.69) is 5.32 Å². The van der Waals surface area contributed by atoms with Crippen LogP contribution in [0.2, 0.25) is 0 Å². The highest BCUT2D eigenvalue weighted by Crippen LogP contribution is 2.40. The van der Waals surface area contributed by atoms with Gasteiger partial charge in [0.1, 0.15) is 22.1 Å². The molecule has 0 spiro atoms. The number of rotatable bonds is 7. The second kappa shape index (κ2) is 8.05. The van der Waals surface area contributed by atoms with Crippen LogP contribution in [0.3, 0.4) is 0 Å². The predicted octanol–water partition coefficient (Wildman–Crippen LogP) is -0.217. The van der Waals surface area contributed by atoms with Crippen LogP contribution in [0.4, 0.5) is 0 Å². The molecule has 1 aliphatic carbocycles. The van der Waals surface area contributed by atoms with Gasteiger partial charge in [-0.3, -0.25) is 15.0 Å². The molecule has 2 amide bonds. The van der Waals surface area contributed by atoms with Gasteiger partial charge in [0.2, 0.25) is 0 Å². The quantitative estimate of drug-likeness (QED) is 0.356. The Labute approximate surface area is 169 Å². The molecular weight excluding hydrogens is 394 g/mol. The molecule has 0 unspecified atom stereocenters. The van der Waals surface area contributed by atoms with Crippen LogP contribution in [0, 0.1) is 16.7 Å². The van der Waals surface area contributed by atoms with Crippen molar-refractivity contribution >= 4 is 28.2 Å². The molecule has 4 N–H and O–H groups in total. The monoisotopic (exact) mass is 415 g/mol. The molecule has 29 heavy (non-hydrogen) atoms. The van der Waals surface area contributed by atoms with Gasteiger partial charge in [0.25, 0.3) is 11.8 Å². The van der Waals surface area contributed by atoms with Gasteiger partial charge in [-0.2, -0.15) is 5.26 Å². The maximum absolute atomic E-state index is 12.5. The molecule has 1 aromatic rings. The van der Waals surface area contributed by atoms with Crippen molar-refractivity contribution in [1.29, 1.82) is 10.7 Å². The first-order valence-corrected chi connectivity index (χ1v) is 10.2. The lowest BCUT2D eigenvalue weighted by atomic mass is 9.99. The average molecular weight is 415 g/mol. The van der Waals surface area contributed by atoms with E-state index < -0.39 is 27.3 Å². The highest BCUT2D eigenvalue weighted by Gasteiger charge is 2.49. The van der Waals surface area contributed by atoms with Crippen LogP contribution in [-0.2, 0) is 26.8 Å². The van der Waals surface area contributed by atoms with E-state index >= 15 is 0 Å². The van der Waals surface area contributed by atoms with E-state index in [9.17, 15) is 18.0 Å². The van der Waals surface area contributed by atoms with Crippen molar-refractivity contribution in [2.24, 2.45) is 5.73 Å². The van der Waals surface area contributed by atoms with Gasteiger partial charge in [-0.1, -0.05) is 12.1 Å². The number of hydrogen-bond acceptors (Lipinski definition) is 7. The lowest BCUT2D eigenvalue weighted by Gasteiger charge is -2.30. The third-order valence-electron chi connectivity index (χ3n) is 5.24. The van der Waals surface area contributed by atoms with Crippen LogP contribution in [0.15, 0.2) is 35.5 Å². The lowest BCUT2D eigenvalue weighted by molar-refractivity contribution is -0.128. The van der Waals surface area contributed by atoms with E-state index in [4.69, 9.17) is 16.4 Å². The second-order valence-corrected chi connectivity index (χ2v) is 8.68. The number of amides is 2. The van der Waals surface area contributed by atoms with E-state index in [1.807, 2.05) is 6.07 Å². The van der Waals surface area contributed by atoms with Gasteiger partial charge in [-0.15, -0.1) is 0 Å². The number of nitrogens with zero attached hydrogens (tertiary/aromatic N) is 2. The third-order valence-corrected chi connectivity index (χ3v) is 6.60. The third kappa shape index (κ3) is 4.30. The van der Waals surface area contributed by atoms with Crippen molar-refractivity contribution in [2.45, 2.75) is 30.6 Å². The smallest absolute Gasteiger partial charge is 0.270 e. The summed E-state index contributed by atoms with van der Waals surface area (Å²) in [5.74, 6) is -1.20. The van der Waals surface area contributed by atoms with Crippen LogP contribution in [0.5, 0.6) is 0 Å². The maximum Gasteiger partial charge on any atom is 0.270 e. The van der Waals surface area contributed by atoms with Crippen LogP contribution < -0.4 is 11.1 Å². The maximum atomic E-state index is 12.5. The van der Waals surface area contributed by atoms with Crippen molar-refractivity contribution < 1.29 is 18.0 Å². The number of benzene rings is 1. The highest BCUT2D eigenvalue weighted by molar-refractivity contribution is 7.74. The van der Waals surface area contributed by atoms with Gasteiger partial charge in [0.15, 0.2) is 0 Å². The van der Waals surface area contributed by atoms with Gasteiger partial charge in [-0.05, 0) is 37.0 Å². The second-order valence-electron chi connectivity index (χ2n) is 7.22. The fourth-order valence-electron chi connectivity index (χ4n) is 3.20. The summed E-state index contributed by atoms with van der Waals surface area (Å²) in [5.41, 5.74) is 6.76. The van der Waals surface area contributed by atoms with E-state index in [-0.39, 0.29) is 43.0 Å². The van der Waals surface area contributed by atoms with Gasteiger partial charge >= 0.3 is 0 Å². The number of carbonyl (C=O) groups excluding carboxylic acids is 2. The standard InChI is InChI=1S/C19H21N5O4S/c20-9-12-1-3-13(4-2-12)10-23-17(25)15(21)14-5-8-24(18(26)16(14)22)11-19(6-7-19)29(27)28/h1-4,21,29H,5-8,10-11,22H2,(H,23,25). The Kier molecular flexibility index (Phi) is 5.70. The summed E-state index contributed by atoms with van der Waals surface area (Å²) >= 11 is 0. The molecule has 1 saturated carbocycles. The van der Waals surface area contributed by atoms with E-state index in [1.165, 1.54) is 4.90 Å². The summed E-state index contributed by atoms with van der Waals surface area (Å²) in [6.45, 7) is 0.473. The number of thiol groups is 1. The van der Waals surface area contributed by atoms with E-state index in [0.717, 1.165) is 5.56 Å². The predicted molar refractivity (Wildman–Crippen MR) is 105 cm³/mol. The minimum absolute atomic E-state index is 0.0940. The van der Waals surface area contributed by atoms with Gasteiger partial charge in [-0.25, -0.2) is 8.42 Å². The minimum atomic E-state index is -2.63. The molecule has 1 heterocycles. The zero-order valence-electron chi connectivity index (χ0n) is 15.6. The van der Waals surface area contributed by atoms with Crippen LogP contribution in [0.1, 0.15) is 30.4 Å². The summed E-state index contributed by atoms with van der Waals surface area (Å²) < 4.78 is 21.9.